The van der Waals surface area contributed by atoms with Crippen molar-refractivity contribution in [3.63, 3.8) is 0 Å². The van der Waals surface area contributed by atoms with Gasteiger partial charge in [-0.1, -0.05) is 60.3 Å². The second-order valence-electron chi connectivity index (χ2n) is 8.19. The summed E-state index contributed by atoms with van der Waals surface area (Å²) in [5, 5.41) is 9.74. The highest BCUT2D eigenvalue weighted by Crippen LogP contribution is 2.33. The van der Waals surface area contributed by atoms with Crippen LogP contribution < -0.4 is 9.80 Å². The summed E-state index contributed by atoms with van der Waals surface area (Å²) in [6, 6.07) is 18.6. The lowest BCUT2D eigenvalue weighted by molar-refractivity contribution is -0.116. The number of fused-ring (bicyclic) bond motifs is 1. The molecule has 2 aliphatic rings. The third kappa shape index (κ3) is 4.25. The van der Waals surface area contributed by atoms with Gasteiger partial charge in [0.1, 0.15) is 0 Å². The molecule has 1 amide bonds. The molecule has 3 heterocycles. The average molecular weight is 450 g/mol. The Bertz CT molecular complexity index is 1080. The minimum atomic E-state index is 0.106. The molecule has 32 heavy (non-hydrogen) atoms. The van der Waals surface area contributed by atoms with Gasteiger partial charge in [-0.2, -0.15) is 0 Å². The van der Waals surface area contributed by atoms with Crippen molar-refractivity contribution in [1.82, 2.24) is 14.8 Å². The second kappa shape index (κ2) is 9.34. The van der Waals surface area contributed by atoms with Crippen LogP contribution in [0.5, 0.6) is 0 Å². The fraction of sp³-hybridized carbons (Fsp3) is 0.375. The van der Waals surface area contributed by atoms with Crippen LogP contribution in [0.25, 0.3) is 0 Å². The van der Waals surface area contributed by atoms with E-state index in [0.717, 1.165) is 36.3 Å². The molecule has 0 bridgehead atoms. The molecule has 8 heteroatoms. The highest BCUT2D eigenvalue weighted by atomic mass is 32.2. The zero-order valence-corrected chi connectivity index (χ0v) is 19.0. The number of carbonyl (C=O) groups excluding carboxylic acids is 1. The summed E-state index contributed by atoms with van der Waals surface area (Å²) < 4.78 is 7.63. The molecule has 1 atom stereocenters. The third-order valence-corrected chi connectivity index (χ3v) is 6.93. The predicted molar refractivity (Wildman–Crippen MR) is 126 cm³/mol. The van der Waals surface area contributed by atoms with E-state index >= 15 is 0 Å². The zero-order chi connectivity index (χ0) is 21.9. The van der Waals surface area contributed by atoms with Crippen molar-refractivity contribution in [3.05, 3.63) is 65.7 Å². The first-order valence-electron chi connectivity index (χ1n) is 11.0. The number of hydrogen-bond donors (Lipinski definition) is 0. The molecule has 0 unspecified atom stereocenters. The molecule has 5 rings (SSSR count). The first kappa shape index (κ1) is 21.0. The van der Waals surface area contributed by atoms with Crippen molar-refractivity contribution >= 4 is 29.3 Å². The molecule has 0 saturated carbocycles. The molecule has 2 aromatic carbocycles. The van der Waals surface area contributed by atoms with Gasteiger partial charge in [-0.3, -0.25) is 9.36 Å². The molecule has 1 saturated heterocycles. The van der Waals surface area contributed by atoms with Crippen LogP contribution in [0.3, 0.4) is 0 Å². The van der Waals surface area contributed by atoms with E-state index in [0.29, 0.717) is 25.5 Å². The van der Waals surface area contributed by atoms with E-state index in [9.17, 15) is 4.79 Å². The van der Waals surface area contributed by atoms with E-state index in [-0.39, 0.29) is 11.9 Å². The number of carbonyl (C=O) groups is 1. The number of morpholine rings is 1. The van der Waals surface area contributed by atoms with E-state index in [2.05, 4.69) is 44.8 Å². The molecule has 1 aromatic heterocycles. The lowest BCUT2D eigenvalue weighted by Gasteiger charge is -2.28. The summed E-state index contributed by atoms with van der Waals surface area (Å²) in [5.74, 6) is 1.27. The van der Waals surface area contributed by atoms with Gasteiger partial charge in [-0.15, -0.1) is 10.2 Å². The Balaban J connectivity index is 1.36. The SMILES string of the molecule is C[C@@H]1Cc2ccccc2N1C(=O)CSc1nnc(N2CCOCC2)n1Cc1ccccc1. The highest BCUT2D eigenvalue weighted by molar-refractivity contribution is 7.99. The van der Waals surface area contributed by atoms with Crippen molar-refractivity contribution in [3.8, 4) is 0 Å². The molecule has 166 valence electrons. The Morgan fingerprint density at radius 2 is 1.81 bits per heavy atom. The largest absolute Gasteiger partial charge is 0.378 e. The van der Waals surface area contributed by atoms with Crippen molar-refractivity contribution in [1.29, 1.82) is 0 Å². The van der Waals surface area contributed by atoms with Crippen LogP contribution in [-0.2, 0) is 22.5 Å². The number of amides is 1. The lowest BCUT2D eigenvalue weighted by atomic mass is 10.1. The molecule has 0 aliphatic carbocycles. The van der Waals surface area contributed by atoms with Gasteiger partial charge in [0.25, 0.3) is 0 Å². The molecule has 0 spiro atoms. The monoisotopic (exact) mass is 449 g/mol. The fourth-order valence-corrected chi connectivity index (χ4v) is 5.22. The average Bonchev–Trinajstić information content (AvgIpc) is 3.38. The van der Waals surface area contributed by atoms with Gasteiger partial charge in [0, 0.05) is 24.8 Å². The molecular weight excluding hydrogens is 422 g/mol. The molecular formula is C24H27N5O2S. The number of hydrogen-bond acceptors (Lipinski definition) is 6. The van der Waals surface area contributed by atoms with Gasteiger partial charge >= 0.3 is 0 Å². The number of benzene rings is 2. The minimum absolute atomic E-state index is 0.106. The predicted octanol–water partition coefficient (Wildman–Crippen LogP) is 3.23. The molecule has 2 aliphatic heterocycles. The zero-order valence-electron chi connectivity index (χ0n) is 18.2. The number of para-hydroxylation sites is 1. The lowest BCUT2D eigenvalue weighted by Crippen LogP contribution is -2.38. The van der Waals surface area contributed by atoms with Crippen molar-refractivity contribution < 1.29 is 9.53 Å². The van der Waals surface area contributed by atoms with Crippen LogP contribution in [0.1, 0.15) is 18.1 Å². The number of thioether (sulfide) groups is 1. The van der Waals surface area contributed by atoms with Crippen LogP contribution in [0.4, 0.5) is 11.6 Å². The normalized spacial score (nSPS) is 18.1. The molecule has 1 fully saturated rings. The Labute approximate surface area is 192 Å². The van der Waals surface area contributed by atoms with Crippen molar-refractivity contribution in [2.45, 2.75) is 31.1 Å². The van der Waals surface area contributed by atoms with Gasteiger partial charge in [-0.05, 0) is 30.5 Å². The summed E-state index contributed by atoms with van der Waals surface area (Å²) >= 11 is 1.46. The molecule has 0 N–H and O–H groups in total. The van der Waals surface area contributed by atoms with Gasteiger partial charge in [0.15, 0.2) is 5.16 Å². The van der Waals surface area contributed by atoms with Gasteiger partial charge < -0.3 is 14.5 Å². The van der Waals surface area contributed by atoms with E-state index < -0.39 is 0 Å². The van der Waals surface area contributed by atoms with Gasteiger partial charge in [-0.25, -0.2) is 0 Å². The van der Waals surface area contributed by atoms with E-state index in [4.69, 9.17) is 4.74 Å². The second-order valence-corrected chi connectivity index (χ2v) is 9.13. The van der Waals surface area contributed by atoms with Crippen LogP contribution in [0, 0.1) is 0 Å². The van der Waals surface area contributed by atoms with E-state index in [1.54, 1.807) is 0 Å². The topological polar surface area (TPSA) is 63.5 Å². The van der Waals surface area contributed by atoms with E-state index in [1.165, 1.54) is 22.9 Å². The smallest absolute Gasteiger partial charge is 0.237 e. The quantitative estimate of drug-likeness (QED) is 0.539. The Morgan fingerprint density at radius 1 is 1.06 bits per heavy atom. The number of nitrogens with zero attached hydrogens (tertiary/aromatic N) is 5. The summed E-state index contributed by atoms with van der Waals surface area (Å²) in [6.45, 7) is 5.73. The number of rotatable bonds is 6. The highest BCUT2D eigenvalue weighted by Gasteiger charge is 2.31. The first-order valence-corrected chi connectivity index (χ1v) is 12.0. The minimum Gasteiger partial charge on any atom is -0.378 e. The van der Waals surface area contributed by atoms with Gasteiger partial charge in [0.05, 0.1) is 25.5 Å². The van der Waals surface area contributed by atoms with E-state index in [1.807, 2.05) is 41.3 Å². The maximum atomic E-state index is 13.2. The van der Waals surface area contributed by atoms with Crippen LogP contribution in [0.2, 0.25) is 0 Å². The molecule has 3 aromatic rings. The maximum Gasteiger partial charge on any atom is 0.237 e. The number of anilines is 2. The Morgan fingerprint density at radius 3 is 2.62 bits per heavy atom. The fourth-order valence-electron chi connectivity index (χ4n) is 4.43. The summed E-state index contributed by atoms with van der Waals surface area (Å²) in [6.07, 6.45) is 0.901. The van der Waals surface area contributed by atoms with Crippen molar-refractivity contribution in [2.24, 2.45) is 0 Å². The maximum absolute atomic E-state index is 13.2. The molecule has 0 radical (unpaired) electrons. The van der Waals surface area contributed by atoms with Crippen LogP contribution in [-0.4, -0.2) is 58.8 Å². The molecule has 7 nitrogen and oxygen atoms in total. The van der Waals surface area contributed by atoms with Gasteiger partial charge in [0.2, 0.25) is 11.9 Å². The number of aromatic nitrogens is 3. The van der Waals surface area contributed by atoms with Crippen LogP contribution in [0.15, 0.2) is 59.8 Å². The van der Waals surface area contributed by atoms with Crippen molar-refractivity contribution in [2.75, 3.05) is 41.9 Å². The summed E-state index contributed by atoms with van der Waals surface area (Å²) in [4.78, 5) is 17.3. The Hall–Kier alpha value is -2.84. The van der Waals surface area contributed by atoms with Crippen LogP contribution >= 0.6 is 11.8 Å². The summed E-state index contributed by atoms with van der Waals surface area (Å²) in [7, 11) is 0. The standard InChI is InChI=1S/C24H27N5O2S/c1-18-15-20-9-5-6-10-21(20)29(18)22(30)17-32-24-26-25-23(27-11-13-31-14-12-27)28(24)16-19-7-3-2-4-8-19/h2-10,18H,11-17H2,1H3/t18-/m1/s1. The summed E-state index contributed by atoms with van der Waals surface area (Å²) in [5.41, 5.74) is 3.45. The number of ether oxygens (including phenoxy) is 1. The third-order valence-electron chi connectivity index (χ3n) is 5.98. The Kier molecular flexibility index (Phi) is 6.14. The first-order chi connectivity index (χ1) is 15.7.